The number of nitrogens with zero attached hydrogens (tertiary/aromatic N) is 3. The van der Waals surface area contributed by atoms with Crippen molar-refractivity contribution < 1.29 is 9.00 Å². The summed E-state index contributed by atoms with van der Waals surface area (Å²) in [5, 5.41) is 13.7. The number of urea groups is 1. The van der Waals surface area contributed by atoms with Gasteiger partial charge in [-0.25, -0.2) is 13.7 Å². The lowest BCUT2D eigenvalue weighted by Gasteiger charge is -2.37. The summed E-state index contributed by atoms with van der Waals surface area (Å²) in [7, 11) is -3.36. The van der Waals surface area contributed by atoms with Crippen molar-refractivity contribution in [3.05, 3.63) is 39.8 Å². The Morgan fingerprint density at radius 2 is 1.82 bits per heavy atom. The first-order valence-electron chi connectivity index (χ1n) is 12.8. The zero-order valence-electron chi connectivity index (χ0n) is 20.1. The predicted octanol–water partition coefficient (Wildman–Crippen LogP) is 4.96. The fourth-order valence-corrected chi connectivity index (χ4v) is 7.72. The summed E-state index contributed by atoms with van der Waals surface area (Å²) in [5.74, 6) is 0. The van der Waals surface area contributed by atoms with Gasteiger partial charge in [0.15, 0.2) is 9.92 Å². The molecule has 34 heavy (non-hydrogen) atoms. The van der Waals surface area contributed by atoms with Crippen LogP contribution in [-0.2, 0) is 35.6 Å². The van der Waals surface area contributed by atoms with Crippen molar-refractivity contribution in [1.29, 1.82) is 5.26 Å². The molecule has 5 rings (SSSR count). The summed E-state index contributed by atoms with van der Waals surface area (Å²) < 4.78 is 19.7. The summed E-state index contributed by atoms with van der Waals surface area (Å²) in [6.45, 7) is 3.19. The SMILES string of the molecule is C[C@@]1(/C=C/S(=O)(=NC#N)NC(=O)Nc2c3c(cc4c2CCC4)CCC3)CCCN1C1CCCC1. The van der Waals surface area contributed by atoms with Gasteiger partial charge in [0.1, 0.15) is 0 Å². The lowest BCUT2D eigenvalue weighted by atomic mass is 9.97. The second-order valence-corrected chi connectivity index (χ2v) is 12.2. The molecule has 0 bridgehead atoms. The minimum Gasteiger partial charge on any atom is -0.307 e. The second kappa shape index (κ2) is 9.35. The third kappa shape index (κ3) is 4.48. The Morgan fingerprint density at radius 3 is 2.47 bits per heavy atom. The molecule has 7 nitrogen and oxygen atoms in total. The number of likely N-dealkylation sites (tertiary alicyclic amines) is 1. The molecule has 0 aromatic heterocycles. The molecule has 1 aromatic rings. The summed E-state index contributed by atoms with van der Waals surface area (Å²) in [6, 6.07) is 2.30. The van der Waals surface area contributed by atoms with E-state index in [1.54, 1.807) is 6.19 Å². The molecule has 0 radical (unpaired) electrons. The van der Waals surface area contributed by atoms with E-state index in [9.17, 15) is 14.3 Å². The van der Waals surface area contributed by atoms with Gasteiger partial charge >= 0.3 is 6.03 Å². The lowest BCUT2D eigenvalue weighted by molar-refractivity contribution is 0.140. The van der Waals surface area contributed by atoms with E-state index in [0.29, 0.717) is 6.04 Å². The minimum absolute atomic E-state index is 0.234. The summed E-state index contributed by atoms with van der Waals surface area (Å²) in [6.07, 6.45) is 16.7. The number of aryl methyl sites for hydroxylation is 2. The van der Waals surface area contributed by atoms with Crippen molar-refractivity contribution in [1.82, 2.24) is 9.62 Å². The molecule has 1 saturated heterocycles. The van der Waals surface area contributed by atoms with Crippen molar-refractivity contribution in [2.24, 2.45) is 4.36 Å². The number of hydrogen-bond donors (Lipinski definition) is 2. The van der Waals surface area contributed by atoms with Crippen molar-refractivity contribution in [2.45, 2.75) is 95.6 Å². The van der Waals surface area contributed by atoms with E-state index >= 15 is 0 Å². The highest BCUT2D eigenvalue weighted by Gasteiger charge is 2.39. The van der Waals surface area contributed by atoms with Crippen LogP contribution in [0.25, 0.3) is 0 Å². The maximum atomic E-state index is 13.5. The van der Waals surface area contributed by atoms with Gasteiger partial charge in [0, 0.05) is 22.7 Å². The quantitative estimate of drug-likeness (QED) is 0.581. The van der Waals surface area contributed by atoms with Gasteiger partial charge in [-0.1, -0.05) is 29.3 Å². The van der Waals surface area contributed by atoms with E-state index in [0.717, 1.165) is 63.6 Å². The van der Waals surface area contributed by atoms with Crippen LogP contribution in [0.15, 0.2) is 21.9 Å². The highest BCUT2D eigenvalue weighted by molar-refractivity contribution is 7.95. The van der Waals surface area contributed by atoms with E-state index < -0.39 is 15.9 Å². The smallest absolute Gasteiger partial charge is 0.307 e. The van der Waals surface area contributed by atoms with Gasteiger partial charge in [-0.3, -0.25) is 4.90 Å². The third-order valence-corrected chi connectivity index (χ3v) is 9.58. The molecular formula is C26H35N5O2S. The molecule has 8 heteroatoms. The number of nitriles is 1. The number of amides is 2. The van der Waals surface area contributed by atoms with Gasteiger partial charge in [0.05, 0.1) is 0 Å². The molecule has 0 spiro atoms. The average Bonchev–Trinajstić information content (AvgIpc) is 3.59. The molecule has 1 heterocycles. The maximum Gasteiger partial charge on any atom is 0.331 e. The van der Waals surface area contributed by atoms with Crippen molar-refractivity contribution in [2.75, 3.05) is 11.9 Å². The van der Waals surface area contributed by atoms with Gasteiger partial charge in [0.25, 0.3) is 0 Å². The van der Waals surface area contributed by atoms with E-state index in [2.05, 4.69) is 32.3 Å². The number of fused-ring (bicyclic) bond motifs is 2. The Kier molecular flexibility index (Phi) is 6.43. The van der Waals surface area contributed by atoms with Crippen LogP contribution in [0.3, 0.4) is 0 Å². The highest BCUT2D eigenvalue weighted by Crippen LogP contribution is 2.39. The van der Waals surface area contributed by atoms with E-state index in [1.807, 2.05) is 6.08 Å². The molecule has 4 aliphatic rings. The Bertz CT molecular complexity index is 1140. The number of rotatable bonds is 5. The van der Waals surface area contributed by atoms with E-state index in [-0.39, 0.29) is 5.54 Å². The number of hydrogen-bond acceptors (Lipinski definition) is 5. The van der Waals surface area contributed by atoms with Gasteiger partial charge in [-0.05, 0) is 99.9 Å². The molecular weight excluding hydrogens is 446 g/mol. The molecule has 1 unspecified atom stereocenters. The second-order valence-electron chi connectivity index (χ2n) is 10.4. The zero-order chi connectivity index (χ0) is 23.8. The Morgan fingerprint density at radius 1 is 1.15 bits per heavy atom. The summed E-state index contributed by atoms with van der Waals surface area (Å²) >= 11 is 0. The lowest BCUT2D eigenvalue weighted by Crippen LogP contribution is -2.45. The number of carbonyl (C=O) groups excluding carboxylic acids is 1. The normalized spacial score (nSPS) is 26.2. The summed E-state index contributed by atoms with van der Waals surface area (Å²) in [4.78, 5) is 15.6. The minimum atomic E-state index is -3.36. The first-order valence-corrected chi connectivity index (χ1v) is 14.4. The number of benzene rings is 1. The molecule has 2 fully saturated rings. The third-order valence-electron chi connectivity index (χ3n) is 8.24. The van der Waals surface area contributed by atoms with Gasteiger partial charge in [-0.2, -0.15) is 5.26 Å². The molecule has 2 N–H and O–H groups in total. The Labute approximate surface area is 203 Å². The molecule has 2 atom stereocenters. The molecule has 1 aliphatic heterocycles. The van der Waals surface area contributed by atoms with Crippen molar-refractivity contribution >= 4 is 21.6 Å². The zero-order valence-corrected chi connectivity index (χ0v) is 20.9. The maximum absolute atomic E-state index is 13.5. The fraction of sp³-hybridized carbons (Fsp3) is 0.615. The van der Waals surface area contributed by atoms with Crippen molar-refractivity contribution in [3.63, 3.8) is 0 Å². The fourth-order valence-electron chi connectivity index (χ4n) is 6.63. The van der Waals surface area contributed by atoms with Gasteiger partial charge < -0.3 is 5.32 Å². The monoisotopic (exact) mass is 481 g/mol. The molecule has 2 amide bonds. The molecule has 182 valence electrons. The van der Waals surface area contributed by atoms with E-state index in [1.165, 1.54) is 53.3 Å². The van der Waals surface area contributed by atoms with Crippen molar-refractivity contribution in [3.8, 4) is 6.19 Å². The summed E-state index contributed by atoms with van der Waals surface area (Å²) in [5.41, 5.74) is 5.71. The largest absolute Gasteiger partial charge is 0.331 e. The van der Waals surface area contributed by atoms with Crippen LogP contribution in [0, 0.1) is 11.5 Å². The van der Waals surface area contributed by atoms with Crippen LogP contribution >= 0.6 is 0 Å². The number of nitrogens with one attached hydrogen (secondary N) is 2. The van der Waals surface area contributed by atoms with Crippen LogP contribution in [0.5, 0.6) is 0 Å². The first kappa shape index (κ1) is 23.4. The number of carbonyl (C=O) groups is 1. The van der Waals surface area contributed by atoms with Crippen LogP contribution in [0.4, 0.5) is 10.5 Å². The van der Waals surface area contributed by atoms with Crippen LogP contribution in [0.2, 0.25) is 0 Å². The first-order chi connectivity index (χ1) is 16.4. The van der Waals surface area contributed by atoms with Gasteiger partial charge in [0.2, 0.25) is 6.19 Å². The standard InChI is InChI=1S/C26H35N5O2S/c1-26(13-6-15-31(26)21-9-2-3-10-21)14-16-34(33,28-18-27)30-25(32)29-24-22-11-4-7-19(22)17-20-8-5-12-23(20)24/h14,16-17,21H,2-13,15H2,1H3,(H2,28,29,30,32,33)/b16-14+/t26-,34?/m0/s1. The van der Waals surface area contributed by atoms with Gasteiger partial charge in [-0.15, -0.1) is 0 Å². The number of anilines is 1. The molecule has 3 aliphatic carbocycles. The highest BCUT2D eigenvalue weighted by atomic mass is 32.2. The van der Waals surface area contributed by atoms with Crippen LogP contribution in [0.1, 0.15) is 80.5 Å². The topological polar surface area (TPSA) is 97.6 Å². The Balaban J connectivity index is 1.35. The predicted molar refractivity (Wildman–Crippen MR) is 135 cm³/mol. The average molecular weight is 482 g/mol. The van der Waals surface area contributed by atoms with E-state index in [4.69, 9.17) is 0 Å². The molecule has 1 aromatic carbocycles. The van der Waals surface area contributed by atoms with Crippen LogP contribution < -0.4 is 10.0 Å². The Hall–Kier alpha value is -2.37. The van der Waals surface area contributed by atoms with Crippen LogP contribution in [-0.4, -0.2) is 33.3 Å². The molecule has 1 saturated carbocycles.